The van der Waals surface area contributed by atoms with Crippen LogP contribution in [0, 0.1) is 6.92 Å². The third kappa shape index (κ3) is 5.15. The number of carbonyl (C=O) groups excluding carboxylic acids is 2. The fourth-order valence-electron chi connectivity index (χ4n) is 2.99. The topological polar surface area (TPSA) is 59.8 Å². The summed E-state index contributed by atoms with van der Waals surface area (Å²) in [4.78, 5) is 26.4. The molecule has 1 aromatic heterocycles. The minimum Gasteiger partial charge on any atom is -0.492 e. The Hall–Kier alpha value is -2.67. The van der Waals surface area contributed by atoms with Crippen molar-refractivity contribution in [1.29, 1.82) is 0 Å². The lowest BCUT2D eigenvalue weighted by atomic mass is 10.2. The molecule has 4 rings (SSSR count). The number of carbonyl (C=O) groups is 2. The number of aryl methyl sites for hydroxylation is 1. The van der Waals surface area contributed by atoms with Crippen molar-refractivity contribution < 1.29 is 18.7 Å². The average molecular weight is 474 g/mol. The molecule has 31 heavy (non-hydrogen) atoms. The molecule has 0 N–H and O–H groups in total. The van der Waals surface area contributed by atoms with Crippen molar-refractivity contribution in [2.24, 2.45) is 0 Å². The van der Waals surface area contributed by atoms with Gasteiger partial charge in [-0.3, -0.25) is 14.5 Å². The molecular weight excluding hydrogens is 457 g/mol. The summed E-state index contributed by atoms with van der Waals surface area (Å²) in [6.07, 6.45) is 1.56. The molecule has 5 nitrogen and oxygen atoms in total. The number of furan rings is 1. The number of halogens is 2. The SMILES string of the molecule is Cc1ccc(OCCN2C(=O)S/C(=C\c3ccc(-c4cc(Cl)cc(Cl)c4)o3)C2=O)cc1. The highest BCUT2D eigenvalue weighted by Crippen LogP contribution is 2.34. The van der Waals surface area contributed by atoms with Gasteiger partial charge in [-0.2, -0.15) is 0 Å². The zero-order chi connectivity index (χ0) is 22.0. The normalized spacial score (nSPS) is 15.2. The molecule has 2 amide bonds. The minimum atomic E-state index is -0.369. The average Bonchev–Trinajstić information content (AvgIpc) is 3.29. The fourth-order valence-corrected chi connectivity index (χ4v) is 4.36. The Morgan fingerprint density at radius 1 is 1.03 bits per heavy atom. The van der Waals surface area contributed by atoms with E-state index in [1.165, 1.54) is 4.90 Å². The minimum absolute atomic E-state index is 0.167. The number of ether oxygens (including phenoxy) is 1. The van der Waals surface area contributed by atoms with Crippen LogP contribution in [0.5, 0.6) is 5.75 Å². The second-order valence-corrected chi connectivity index (χ2v) is 8.72. The lowest BCUT2D eigenvalue weighted by Gasteiger charge is -2.13. The summed E-state index contributed by atoms with van der Waals surface area (Å²) in [5.41, 5.74) is 1.85. The van der Waals surface area contributed by atoms with E-state index in [2.05, 4.69) is 0 Å². The highest BCUT2D eigenvalue weighted by Gasteiger charge is 2.35. The van der Waals surface area contributed by atoms with Gasteiger partial charge in [0.25, 0.3) is 11.1 Å². The van der Waals surface area contributed by atoms with E-state index in [1.807, 2.05) is 31.2 Å². The van der Waals surface area contributed by atoms with Gasteiger partial charge < -0.3 is 9.15 Å². The van der Waals surface area contributed by atoms with Gasteiger partial charge in [-0.1, -0.05) is 40.9 Å². The second-order valence-electron chi connectivity index (χ2n) is 6.86. The molecule has 0 radical (unpaired) electrons. The van der Waals surface area contributed by atoms with Gasteiger partial charge in [-0.15, -0.1) is 0 Å². The molecule has 1 aliphatic heterocycles. The predicted octanol–water partition coefficient (Wildman–Crippen LogP) is 6.68. The van der Waals surface area contributed by atoms with Crippen LogP contribution in [0.15, 0.2) is 63.9 Å². The Morgan fingerprint density at radius 3 is 2.45 bits per heavy atom. The number of benzene rings is 2. The molecule has 0 bridgehead atoms. The molecule has 2 heterocycles. The van der Waals surface area contributed by atoms with Crippen LogP contribution in [0.25, 0.3) is 17.4 Å². The summed E-state index contributed by atoms with van der Waals surface area (Å²) in [5, 5.41) is 0.654. The third-order valence-electron chi connectivity index (χ3n) is 4.53. The summed E-state index contributed by atoms with van der Waals surface area (Å²) in [7, 11) is 0. The highest BCUT2D eigenvalue weighted by molar-refractivity contribution is 8.18. The van der Waals surface area contributed by atoms with E-state index < -0.39 is 0 Å². The number of thioether (sulfide) groups is 1. The Balaban J connectivity index is 1.42. The van der Waals surface area contributed by atoms with Gasteiger partial charge in [0.05, 0.1) is 11.4 Å². The van der Waals surface area contributed by atoms with Gasteiger partial charge in [0.2, 0.25) is 0 Å². The van der Waals surface area contributed by atoms with Crippen molar-refractivity contribution in [1.82, 2.24) is 4.90 Å². The maximum Gasteiger partial charge on any atom is 0.293 e. The number of hydrogen-bond acceptors (Lipinski definition) is 5. The first-order chi connectivity index (χ1) is 14.9. The van der Waals surface area contributed by atoms with Crippen molar-refractivity contribution >= 4 is 52.2 Å². The van der Waals surface area contributed by atoms with Gasteiger partial charge in [0, 0.05) is 21.7 Å². The molecule has 2 aromatic carbocycles. The van der Waals surface area contributed by atoms with Crippen molar-refractivity contribution in [2.75, 3.05) is 13.2 Å². The van der Waals surface area contributed by atoms with E-state index in [0.717, 1.165) is 22.9 Å². The molecule has 0 aliphatic carbocycles. The number of hydrogen-bond donors (Lipinski definition) is 0. The van der Waals surface area contributed by atoms with Crippen LogP contribution < -0.4 is 4.74 Å². The molecular formula is C23H17Cl2NO4S. The van der Waals surface area contributed by atoms with Gasteiger partial charge in [0.15, 0.2) is 0 Å². The fraction of sp³-hybridized carbons (Fsp3) is 0.130. The molecule has 1 fully saturated rings. The summed E-state index contributed by atoms with van der Waals surface area (Å²) in [6, 6.07) is 16.2. The summed E-state index contributed by atoms with van der Waals surface area (Å²) in [5.74, 6) is 1.33. The van der Waals surface area contributed by atoms with Crippen molar-refractivity contribution in [3.63, 3.8) is 0 Å². The van der Waals surface area contributed by atoms with Crippen LogP contribution in [0.2, 0.25) is 10.0 Å². The molecule has 0 atom stereocenters. The summed E-state index contributed by atoms with van der Waals surface area (Å²) >= 11 is 13.0. The first-order valence-electron chi connectivity index (χ1n) is 9.40. The molecule has 0 spiro atoms. The van der Waals surface area contributed by atoms with Crippen LogP contribution in [-0.2, 0) is 4.79 Å². The molecule has 1 aliphatic rings. The van der Waals surface area contributed by atoms with Crippen LogP contribution in [0.3, 0.4) is 0 Å². The third-order valence-corrected chi connectivity index (χ3v) is 5.87. The van der Waals surface area contributed by atoms with E-state index >= 15 is 0 Å². The van der Waals surface area contributed by atoms with E-state index in [-0.39, 0.29) is 24.3 Å². The standard InChI is InChI=1S/C23H17Cl2NO4S/c1-14-2-4-18(5-3-14)29-9-8-26-22(27)21(31-23(26)28)13-19-6-7-20(30-19)15-10-16(24)12-17(25)11-15/h2-7,10-13H,8-9H2,1H3/b21-13-. The zero-order valence-electron chi connectivity index (χ0n) is 16.4. The molecule has 158 valence electrons. The molecule has 3 aromatic rings. The first-order valence-corrected chi connectivity index (χ1v) is 11.0. The zero-order valence-corrected chi connectivity index (χ0v) is 18.8. The molecule has 8 heteroatoms. The van der Waals surface area contributed by atoms with Crippen molar-refractivity contribution in [3.8, 4) is 17.1 Å². The Kier molecular flexibility index (Phi) is 6.41. The number of nitrogens with zero attached hydrogens (tertiary/aromatic N) is 1. The largest absolute Gasteiger partial charge is 0.492 e. The van der Waals surface area contributed by atoms with Crippen LogP contribution in [0.4, 0.5) is 4.79 Å². The van der Waals surface area contributed by atoms with Gasteiger partial charge in [-0.25, -0.2) is 0 Å². The van der Waals surface area contributed by atoms with Crippen LogP contribution >= 0.6 is 35.0 Å². The van der Waals surface area contributed by atoms with E-state index in [9.17, 15) is 9.59 Å². The summed E-state index contributed by atoms with van der Waals surface area (Å²) in [6.45, 7) is 2.37. The van der Waals surface area contributed by atoms with Gasteiger partial charge >= 0.3 is 0 Å². The van der Waals surface area contributed by atoms with Gasteiger partial charge in [-0.05, 0) is 61.2 Å². The predicted molar refractivity (Wildman–Crippen MR) is 124 cm³/mol. The molecule has 0 saturated carbocycles. The first kappa shape index (κ1) is 21.6. The lowest BCUT2D eigenvalue weighted by molar-refractivity contribution is -0.123. The van der Waals surface area contributed by atoms with Gasteiger partial charge in [0.1, 0.15) is 23.9 Å². The lowest BCUT2D eigenvalue weighted by Crippen LogP contribution is -2.32. The number of amides is 2. The summed E-state index contributed by atoms with van der Waals surface area (Å²) < 4.78 is 11.4. The maximum atomic E-state index is 12.7. The van der Waals surface area contributed by atoms with Crippen LogP contribution in [0.1, 0.15) is 11.3 Å². The van der Waals surface area contributed by atoms with E-state index in [4.69, 9.17) is 32.4 Å². The van der Waals surface area contributed by atoms with E-state index in [1.54, 1.807) is 36.4 Å². The quantitative estimate of drug-likeness (QED) is 0.373. The number of imide groups is 1. The number of rotatable bonds is 6. The molecule has 1 saturated heterocycles. The highest BCUT2D eigenvalue weighted by atomic mass is 35.5. The van der Waals surface area contributed by atoms with Crippen molar-refractivity contribution in [2.45, 2.75) is 6.92 Å². The Bertz CT molecular complexity index is 1150. The Labute approximate surface area is 193 Å². The monoisotopic (exact) mass is 473 g/mol. The van der Waals surface area contributed by atoms with E-state index in [0.29, 0.717) is 32.2 Å². The van der Waals surface area contributed by atoms with Crippen LogP contribution in [-0.4, -0.2) is 29.2 Å². The molecule has 0 unspecified atom stereocenters. The smallest absolute Gasteiger partial charge is 0.293 e. The Morgan fingerprint density at radius 2 is 1.74 bits per heavy atom. The maximum absolute atomic E-state index is 12.7. The van der Waals surface area contributed by atoms with Crippen molar-refractivity contribution in [3.05, 3.63) is 80.9 Å². The second kappa shape index (κ2) is 9.22.